The second-order valence-corrected chi connectivity index (χ2v) is 9.96. The lowest BCUT2D eigenvalue weighted by molar-refractivity contribution is 0.181. The predicted octanol–water partition coefficient (Wildman–Crippen LogP) is 2.58. The molecule has 1 unspecified atom stereocenters. The number of hydrogen-bond acceptors (Lipinski definition) is 4. The van der Waals surface area contributed by atoms with Crippen molar-refractivity contribution in [1.82, 2.24) is 15.5 Å². The fourth-order valence-corrected chi connectivity index (χ4v) is 4.76. The van der Waals surface area contributed by atoms with Gasteiger partial charge in [-0.05, 0) is 68.8 Å². The number of rotatable bonds is 8. The van der Waals surface area contributed by atoms with Crippen molar-refractivity contribution in [3.63, 3.8) is 0 Å². The summed E-state index contributed by atoms with van der Waals surface area (Å²) in [5.41, 5.74) is 1.81. The van der Waals surface area contributed by atoms with Gasteiger partial charge < -0.3 is 15.5 Å². The molecule has 1 atom stereocenters. The Labute approximate surface area is 170 Å². The van der Waals surface area contributed by atoms with Crippen LogP contribution in [0.3, 0.4) is 0 Å². The molecule has 158 valence electrons. The molecule has 1 heterocycles. The van der Waals surface area contributed by atoms with Gasteiger partial charge >= 0.3 is 0 Å². The first-order valence-electron chi connectivity index (χ1n) is 10.3. The molecule has 1 aromatic rings. The third-order valence-electron chi connectivity index (χ3n) is 5.26. The van der Waals surface area contributed by atoms with Crippen molar-refractivity contribution in [2.45, 2.75) is 51.0 Å². The number of benzene rings is 1. The van der Waals surface area contributed by atoms with E-state index in [1.807, 2.05) is 19.1 Å². The van der Waals surface area contributed by atoms with Gasteiger partial charge in [-0.2, -0.15) is 0 Å². The SMILES string of the molecule is CN=C(NCCCCN1CCCC(C)C1)NCc1ccc(S(C)(=O)=O)c(C)c1. The first kappa shape index (κ1) is 22.7. The van der Waals surface area contributed by atoms with Crippen molar-refractivity contribution < 1.29 is 8.42 Å². The number of piperidine rings is 1. The second-order valence-electron chi connectivity index (χ2n) is 7.98. The van der Waals surface area contributed by atoms with Crippen LogP contribution in [0.15, 0.2) is 28.1 Å². The zero-order valence-electron chi connectivity index (χ0n) is 17.8. The molecule has 1 aliphatic rings. The third kappa shape index (κ3) is 7.43. The van der Waals surface area contributed by atoms with Crippen LogP contribution < -0.4 is 10.6 Å². The van der Waals surface area contributed by atoms with E-state index in [-0.39, 0.29) is 0 Å². The molecule has 2 rings (SSSR count). The minimum absolute atomic E-state index is 0.391. The van der Waals surface area contributed by atoms with Gasteiger partial charge in [0.25, 0.3) is 0 Å². The van der Waals surface area contributed by atoms with Crippen molar-refractivity contribution in [1.29, 1.82) is 0 Å². The van der Waals surface area contributed by atoms with E-state index in [4.69, 9.17) is 0 Å². The first-order chi connectivity index (χ1) is 13.3. The van der Waals surface area contributed by atoms with Crippen molar-refractivity contribution in [3.8, 4) is 0 Å². The van der Waals surface area contributed by atoms with Crippen LogP contribution in [-0.2, 0) is 16.4 Å². The van der Waals surface area contributed by atoms with Crippen LogP contribution in [0.4, 0.5) is 0 Å². The lowest BCUT2D eigenvalue weighted by Gasteiger charge is -2.30. The van der Waals surface area contributed by atoms with Gasteiger partial charge in [0, 0.05) is 32.9 Å². The van der Waals surface area contributed by atoms with Gasteiger partial charge in [0.05, 0.1) is 4.90 Å². The summed E-state index contributed by atoms with van der Waals surface area (Å²) in [7, 11) is -1.41. The topological polar surface area (TPSA) is 73.8 Å². The van der Waals surface area contributed by atoms with E-state index in [2.05, 4.69) is 27.4 Å². The Hall–Kier alpha value is -1.60. The maximum absolute atomic E-state index is 11.7. The summed E-state index contributed by atoms with van der Waals surface area (Å²) in [4.78, 5) is 7.25. The molecule has 6 nitrogen and oxygen atoms in total. The summed E-state index contributed by atoms with van der Waals surface area (Å²) < 4.78 is 23.4. The van der Waals surface area contributed by atoms with Crippen molar-refractivity contribution in [2.75, 3.05) is 39.5 Å². The number of guanidine groups is 1. The number of unbranched alkanes of at least 4 members (excludes halogenated alkanes) is 1. The fraction of sp³-hybridized carbons (Fsp3) is 0.667. The Kier molecular flexibility index (Phi) is 8.76. The summed E-state index contributed by atoms with van der Waals surface area (Å²) >= 11 is 0. The third-order valence-corrected chi connectivity index (χ3v) is 6.51. The maximum Gasteiger partial charge on any atom is 0.191 e. The molecule has 1 aliphatic heterocycles. The molecule has 0 spiro atoms. The monoisotopic (exact) mass is 408 g/mol. The van der Waals surface area contributed by atoms with Gasteiger partial charge in [-0.1, -0.05) is 19.1 Å². The first-order valence-corrected chi connectivity index (χ1v) is 12.1. The molecule has 0 aliphatic carbocycles. The summed E-state index contributed by atoms with van der Waals surface area (Å²) in [6.45, 7) is 9.36. The largest absolute Gasteiger partial charge is 0.356 e. The van der Waals surface area contributed by atoms with Crippen molar-refractivity contribution in [2.24, 2.45) is 10.9 Å². The molecule has 2 N–H and O–H groups in total. The number of nitrogens with zero attached hydrogens (tertiary/aromatic N) is 2. The number of hydrogen-bond donors (Lipinski definition) is 2. The Morgan fingerprint density at radius 1 is 1.29 bits per heavy atom. The van der Waals surface area contributed by atoms with Gasteiger partial charge in [0.15, 0.2) is 15.8 Å². The van der Waals surface area contributed by atoms with Gasteiger partial charge in [0.1, 0.15) is 0 Å². The fourth-order valence-electron chi connectivity index (χ4n) is 3.80. The van der Waals surface area contributed by atoms with E-state index in [0.29, 0.717) is 11.4 Å². The molecular weight excluding hydrogens is 372 g/mol. The molecule has 1 fully saturated rings. The molecule has 1 aromatic carbocycles. The smallest absolute Gasteiger partial charge is 0.191 e. The highest BCUT2D eigenvalue weighted by Gasteiger charge is 2.15. The summed E-state index contributed by atoms with van der Waals surface area (Å²) in [6.07, 6.45) is 6.26. The number of aryl methyl sites for hydroxylation is 1. The average Bonchev–Trinajstić information content (AvgIpc) is 2.63. The molecule has 0 aromatic heterocycles. The molecule has 28 heavy (non-hydrogen) atoms. The van der Waals surface area contributed by atoms with Crippen molar-refractivity contribution >= 4 is 15.8 Å². The van der Waals surface area contributed by atoms with Gasteiger partial charge in [-0.25, -0.2) is 8.42 Å². The number of aliphatic imine (C=N–C) groups is 1. The molecule has 7 heteroatoms. The van der Waals surface area contributed by atoms with Crippen LogP contribution in [0.5, 0.6) is 0 Å². The van der Waals surface area contributed by atoms with Gasteiger partial charge in [-0.3, -0.25) is 4.99 Å². The van der Waals surface area contributed by atoms with E-state index in [1.165, 1.54) is 45.2 Å². The second kappa shape index (κ2) is 10.8. The average molecular weight is 409 g/mol. The van der Waals surface area contributed by atoms with Crippen LogP contribution in [-0.4, -0.2) is 58.8 Å². The van der Waals surface area contributed by atoms with E-state index < -0.39 is 9.84 Å². The van der Waals surface area contributed by atoms with Crippen molar-refractivity contribution in [3.05, 3.63) is 29.3 Å². The Balaban J connectivity index is 1.69. The van der Waals surface area contributed by atoms with E-state index in [1.54, 1.807) is 13.1 Å². The number of nitrogens with one attached hydrogen (secondary N) is 2. The molecule has 0 bridgehead atoms. The number of likely N-dealkylation sites (tertiary alicyclic amines) is 1. The maximum atomic E-state index is 11.7. The van der Waals surface area contributed by atoms with E-state index >= 15 is 0 Å². The van der Waals surface area contributed by atoms with E-state index in [0.717, 1.165) is 36.0 Å². The highest BCUT2D eigenvalue weighted by atomic mass is 32.2. The molecule has 0 saturated carbocycles. The lowest BCUT2D eigenvalue weighted by atomic mass is 10.0. The van der Waals surface area contributed by atoms with Gasteiger partial charge in [-0.15, -0.1) is 0 Å². The Morgan fingerprint density at radius 2 is 2.07 bits per heavy atom. The number of sulfone groups is 1. The van der Waals surface area contributed by atoms with Crippen LogP contribution >= 0.6 is 0 Å². The standard InChI is InChI=1S/C21H36N4O2S/c1-17-8-7-13-25(16-17)12-6-5-11-23-21(22-3)24-15-19-9-10-20(18(2)14-19)28(4,26)27/h9-10,14,17H,5-8,11-13,15-16H2,1-4H3,(H2,22,23,24). The minimum Gasteiger partial charge on any atom is -0.356 e. The van der Waals surface area contributed by atoms with Crippen LogP contribution in [0, 0.1) is 12.8 Å². The molecule has 1 saturated heterocycles. The van der Waals surface area contributed by atoms with E-state index in [9.17, 15) is 8.42 Å². The summed E-state index contributed by atoms with van der Waals surface area (Å²) in [5.74, 6) is 1.61. The summed E-state index contributed by atoms with van der Waals surface area (Å²) in [5, 5.41) is 6.66. The van der Waals surface area contributed by atoms with Crippen LogP contribution in [0.1, 0.15) is 43.7 Å². The quantitative estimate of drug-likeness (QED) is 0.393. The lowest BCUT2D eigenvalue weighted by Crippen LogP contribution is -2.38. The molecule has 0 amide bonds. The van der Waals surface area contributed by atoms with Crippen LogP contribution in [0.25, 0.3) is 0 Å². The Bertz CT molecular complexity index is 762. The predicted molar refractivity (Wildman–Crippen MR) is 117 cm³/mol. The molecule has 0 radical (unpaired) electrons. The highest BCUT2D eigenvalue weighted by Crippen LogP contribution is 2.17. The minimum atomic E-state index is -3.18. The summed E-state index contributed by atoms with van der Waals surface area (Å²) in [6, 6.07) is 5.44. The Morgan fingerprint density at radius 3 is 2.71 bits per heavy atom. The zero-order valence-corrected chi connectivity index (χ0v) is 18.6. The highest BCUT2D eigenvalue weighted by molar-refractivity contribution is 7.90. The normalized spacial score (nSPS) is 18.9. The zero-order chi connectivity index (χ0) is 20.6. The molecular formula is C21H36N4O2S. The van der Waals surface area contributed by atoms with Crippen LogP contribution in [0.2, 0.25) is 0 Å². The van der Waals surface area contributed by atoms with Gasteiger partial charge in [0.2, 0.25) is 0 Å².